The van der Waals surface area contributed by atoms with Crippen LogP contribution in [0.5, 0.6) is 0 Å². The quantitative estimate of drug-likeness (QED) is 0.285. The van der Waals surface area contributed by atoms with Crippen molar-refractivity contribution >= 4 is 6.29 Å². The highest BCUT2D eigenvalue weighted by atomic mass is 16.1. The Morgan fingerprint density at radius 3 is 2.17 bits per heavy atom. The lowest BCUT2D eigenvalue weighted by Gasteiger charge is -2.28. The molecule has 2 rings (SSSR count). The number of aldehydes is 1. The van der Waals surface area contributed by atoms with Gasteiger partial charge in [-0.25, -0.2) is 0 Å². The summed E-state index contributed by atoms with van der Waals surface area (Å²) in [6.45, 7) is 2.37. The molecule has 24 heavy (non-hydrogen) atoms. The Labute approximate surface area is 151 Å². The molecule has 0 aromatic heterocycles. The molecule has 1 heteroatoms. The van der Waals surface area contributed by atoms with Crippen molar-refractivity contribution in [2.75, 3.05) is 0 Å². The van der Waals surface area contributed by atoms with Crippen LogP contribution in [0.4, 0.5) is 0 Å². The number of carbonyl (C=O) groups is 1. The fourth-order valence-corrected chi connectivity index (χ4v) is 5.36. The minimum atomic E-state index is 0.390. The van der Waals surface area contributed by atoms with Gasteiger partial charge in [-0.2, -0.15) is 0 Å². The first-order chi connectivity index (χ1) is 11.8. The fraction of sp³-hybridized carbons (Fsp3) is 0.957. The molecule has 140 valence electrons. The van der Waals surface area contributed by atoms with Crippen LogP contribution in [-0.2, 0) is 4.79 Å². The molecule has 2 fully saturated rings. The Morgan fingerprint density at radius 2 is 1.42 bits per heavy atom. The van der Waals surface area contributed by atoms with E-state index in [4.69, 9.17) is 0 Å². The van der Waals surface area contributed by atoms with Gasteiger partial charge in [0.25, 0.3) is 0 Å². The molecule has 0 saturated heterocycles. The summed E-state index contributed by atoms with van der Waals surface area (Å²) in [5.41, 5.74) is 0. The monoisotopic (exact) mass is 334 g/mol. The molecule has 2 aliphatic carbocycles. The topological polar surface area (TPSA) is 17.1 Å². The summed E-state index contributed by atoms with van der Waals surface area (Å²) in [4.78, 5) is 11.1. The van der Waals surface area contributed by atoms with Crippen molar-refractivity contribution < 1.29 is 4.79 Å². The van der Waals surface area contributed by atoms with E-state index in [9.17, 15) is 4.79 Å². The van der Waals surface area contributed by atoms with Crippen LogP contribution in [0.1, 0.15) is 116 Å². The molecule has 0 aliphatic heterocycles. The van der Waals surface area contributed by atoms with Gasteiger partial charge < -0.3 is 4.79 Å². The average molecular weight is 335 g/mol. The lowest BCUT2D eigenvalue weighted by Crippen LogP contribution is -2.20. The maximum atomic E-state index is 11.1. The maximum Gasteiger partial charge on any atom is 0.123 e. The normalized spacial score (nSPS) is 31.0. The molecule has 1 nitrogen and oxygen atoms in total. The second-order valence-corrected chi connectivity index (χ2v) is 8.85. The van der Waals surface area contributed by atoms with Gasteiger partial charge >= 0.3 is 0 Å². The molecule has 0 aromatic carbocycles. The number of rotatable bonds is 11. The van der Waals surface area contributed by atoms with Gasteiger partial charge in [-0.3, -0.25) is 0 Å². The highest BCUT2D eigenvalue weighted by Crippen LogP contribution is 2.34. The molecule has 0 amide bonds. The van der Waals surface area contributed by atoms with Gasteiger partial charge in [0.2, 0.25) is 0 Å². The number of hydrogen-bond acceptors (Lipinski definition) is 1. The minimum absolute atomic E-state index is 0.390. The predicted molar refractivity (Wildman–Crippen MR) is 104 cm³/mol. The number of unbranched alkanes of at least 4 members (excludes halogenated alkanes) is 5. The van der Waals surface area contributed by atoms with Crippen molar-refractivity contribution in [1.29, 1.82) is 0 Å². The summed E-state index contributed by atoms with van der Waals surface area (Å²) >= 11 is 0. The molecule has 4 unspecified atom stereocenters. The van der Waals surface area contributed by atoms with Crippen LogP contribution < -0.4 is 0 Å². The molecule has 0 heterocycles. The summed E-state index contributed by atoms with van der Waals surface area (Å²) in [7, 11) is 0. The zero-order valence-corrected chi connectivity index (χ0v) is 16.3. The Kier molecular flexibility index (Phi) is 10.1. The molecule has 4 atom stereocenters. The summed E-state index contributed by atoms with van der Waals surface area (Å²) in [6.07, 6.45) is 25.1. The lowest BCUT2D eigenvalue weighted by atomic mass is 9.77. The highest BCUT2D eigenvalue weighted by molar-refractivity contribution is 5.54. The van der Waals surface area contributed by atoms with E-state index in [1.54, 1.807) is 0 Å². The zero-order valence-electron chi connectivity index (χ0n) is 16.3. The van der Waals surface area contributed by atoms with Crippen molar-refractivity contribution in [3.05, 3.63) is 0 Å². The Hall–Kier alpha value is -0.330. The summed E-state index contributed by atoms with van der Waals surface area (Å²) < 4.78 is 0. The molecule has 0 bridgehead atoms. The molecule has 0 spiro atoms. The van der Waals surface area contributed by atoms with Gasteiger partial charge in [-0.05, 0) is 43.4 Å². The third kappa shape index (κ3) is 7.28. The number of carbonyl (C=O) groups excluding carboxylic acids is 1. The van der Waals surface area contributed by atoms with Crippen LogP contribution in [0.2, 0.25) is 0 Å². The molecule has 2 saturated carbocycles. The standard InChI is InChI=1S/C23H42O/c1-2-20-13-11-14-21(18-20)12-7-5-3-4-6-8-15-22-16-9-10-17-23(22)19-24/h19-23H,2-18H2,1H3. The summed E-state index contributed by atoms with van der Waals surface area (Å²) in [5, 5.41) is 0. The van der Waals surface area contributed by atoms with Gasteiger partial charge in [-0.1, -0.05) is 90.4 Å². The van der Waals surface area contributed by atoms with E-state index < -0.39 is 0 Å². The first-order valence-corrected chi connectivity index (χ1v) is 11.3. The Bertz CT molecular complexity index is 324. The van der Waals surface area contributed by atoms with E-state index in [1.807, 2.05) is 0 Å². The van der Waals surface area contributed by atoms with E-state index in [1.165, 1.54) is 109 Å². The Morgan fingerprint density at radius 1 is 0.750 bits per heavy atom. The van der Waals surface area contributed by atoms with E-state index in [0.29, 0.717) is 11.8 Å². The predicted octanol–water partition coefficient (Wildman–Crippen LogP) is 7.33. The van der Waals surface area contributed by atoms with Crippen molar-refractivity contribution in [2.45, 2.75) is 116 Å². The van der Waals surface area contributed by atoms with Crippen molar-refractivity contribution in [3.63, 3.8) is 0 Å². The third-order valence-corrected chi connectivity index (χ3v) is 7.05. The maximum absolute atomic E-state index is 11.1. The van der Waals surface area contributed by atoms with Crippen LogP contribution in [0, 0.1) is 23.7 Å². The van der Waals surface area contributed by atoms with Crippen molar-refractivity contribution in [3.8, 4) is 0 Å². The van der Waals surface area contributed by atoms with Gasteiger partial charge in [-0.15, -0.1) is 0 Å². The van der Waals surface area contributed by atoms with E-state index in [2.05, 4.69) is 6.92 Å². The van der Waals surface area contributed by atoms with Gasteiger partial charge in [0, 0.05) is 5.92 Å². The average Bonchev–Trinajstić information content (AvgIpc) is 2.64. The van der Waals surface area contributed by atoms with Crippen LogP contribution in [0.3, 0.4) is 0 Å². The van der Waals surface area contributed by atoms with Gasteiger partial charge in [0.1, 0.15) is 6.29 Å². The second-order valence-electron chi connectivity index (χ2n) is 8.85. The van der Waals surface area contributed by atoms with Crippen LogP contribution >= 0.6 is 0 Å². The molecular weight excluding hydrogens is 292 g/mol. The largest absolute Gasteiger partial charge is 0.303 e. The van der Waals surface area contributed by atoms with Crippen molar-refractivity contribution in [1.82, 2.24) is 0 Å². The fourth-order valence-electron chi connectivity index (χ4n) is 5.36. The third-order valence-electron chi connectivity index (χ3n) is 7.05. The minimum Gasteiger partial charge on any atom is -0.303 e. The molecular formula is C23H42O. The Balaban J connectivity index is 1.42. The first kappa shape index (κ1) is 20.0. The van der Waals surface area contributed by atoms with E-state index >= 15 is 0 Å². The van der Waals surface area contributed by atoms with Crippen LogP contribution in [-0.4, -0.2) is 6.29 Å². The second kappa shape index (κ2) is 12.1. The summed E-state index contributed by atoms with van der Waals surface area (Å²) in [6, 6.07) is 0. The van der Waals surface area contributed by atoms with Crippen molar-refractivity contribution in [2.24, 2.45) is 23.7 Å². The SMILES string of the molecule is CCC1CCCC(CCCCCCCCC2CCCCC2C=O)C1. The van der Waals surface area contributed by atoms with E-state index in [0.717, 1.165) is 18.3 Å². The highest BCUT2D eigenvalue weighted by Gasteiger charge is 2.23. The van der Waals surface area contributed by atoms with E-state index in [-0.39, 0.29) is 0 Å². The van der Waals surface area contributed by atoms with Gasteiger partial charge in [0.15, 0.2) is 0 Å². The molecule has 2 aliphatic rings. The zero-order chi connectivity index (χ0) is 17.0. The number of hydrogen-bond donors (Lipinski definition) is 0. The van der Waals surface area contributed by atoms with Gasteiger partial charge in [0.05, 0.1) is 0 Å². The molecule has 0 aromatic rings. The smallest absolute Gasteiger partial charge is 0.123 e. The lowest BCUT2D eigenvalue weighted by molar-refractivity contribution is -0.113. The molecule has 0 radical (unpaired) electrons. The summed E-state index contributed by atoms with van der Waals surface area (Å²) in [5.74, 6) is 3.20. The molecule has 0 N–H and O–H groups in total. The van der Waals surface area contributed by atoms with Crippen LogP contribution in [0.15, 0.2) is 0 Å². The first-order valence-electron chi connectivity index (χ1n) is 11.3. The van der Waals surface area contributed by atoms with Crippen LogP contribution in [0.25, 0.3) is 0 Å².